The zero-order chi connectivity index (χ0) is 19.9. The van der Waals surface area contributed by atoms with Gasteiger partial charge in [0.1, 0.15) is 0 Å². The molecule has 1 atom stereocenters. The molecule has 1 aliphatic rings. The van der Waals surface area contributed by atoms with Gasteiger partial charge in [-0.15, -0.1) is 24.0 Å². The maximum Gasteiger partial charge on any atom is 0.222 e. The van der Waals surface area contributed by atoms with Gasteiger partial charge in [-0.05, 0) is 36.1 Å². The van der Waals surface area contributed by atoms with Gasteiger partial charge >= 0.3 is 0 Å². The molecule has 3 rings (SSSR count). The summed E-state index contributed by atoms with van der Waals surface area (Å²) in [7, 11) is 1.78. The van der Waals surface area contributed by atoms with Crippen molar-refractivity contribution in [2.45, 2.75) is 38.9 Å². The van der Waals surface area contributed by atoms with Gasteiger partial charge in [0.2, 0.25) is 5.91 Å². The lowest BCUT2D eigenvalue weighted by Crippen LogP contribution is -2.38. The number of carbonyl (C=O) groups excluding carboxylic acids is 1. The van der Waals surface area contributed by atoms with Crippen LogP contribution in [-0.2, 0) is 17.9 Å². The third-order valence-electron chi connectivity index (χ3n) is 4.94. The maximum atomic E-state index is 11.8. The smallest absolute Gasteiger partial charge is 0.222 e. The first-order chi connectivity index (χ1) is 13.6. The van der Waals surface area contributed by atoms with Gasteiger partial charge in [-0.25, -0.2) is 0 Å². The summed E-state index contributed by atoms with van der Waals surface area (Å²) in [5, 5.41) is 6.81. The lowest BCUT2D eigenvalue weighted by molar-refractivity contribution is -0.128. The summed E-state index contributed by atoms with van der Waals surface area (Å²) < 4.78 is 1.08. The van der Waals surface area contributed by atoms with Crippen molar-refractivity contribution in [3.8, 4) is 0 Å². The van der Waals surface area contributed by atoms with Crippen molar-refractivity contribution in [2.24, 2.45) is 4.99 Å². The average Bonchev–Trinajstić information content (AvgIpc) is 3.10. The molecule has 5 nitrogen and oxygen atoms in total. The molecule has 2 N–H and O–H groups in total. The van der Waals surface area contributed by atoms with Crippen LogP contribution in [0.2, 0.25) is 0 Å². The molecule has 1 heterocycles. The summed E-state index contributed by atoms with van der Waals surface area (Å²) in [4.78, 5) is 18.1. The summed E-state index contributed by atoms with van der Waals surface area (Å²) >= 11 is 3.60. The molecule has 0 aromatic heterocycles. The topological polar surface area (TPSA) is 56.7 Å². The summed E-state index contributed by atoms with van der Waals surface area (Å²) in [6, 6.07) is 16.7. The van der Waals surface area contributed by atoms with Gasteiger partial charge in [0.25, 0.3) is 0 Å². The molecule has 0 aliphatic carbocycles. The molecule has 1 aliphatic heterocycles. The first-order valence-corrected chi connectivity index (χ1v) is 10.4. The summed E-state index contributed by atoms with van der Waals surface area (Å²) in [6.07, 6.45) is 1.65. The Morgan fingerprint density at radius 1 is 1.21 bits per heavy atom. The minimum Gasteiger partial charge on any atom is -0.352 e. The van der Waals surface area contributed by atoms with E-state index in [1.165, 1.54) is 16.7 Å². The molecule has 7 heteroatoms. The highest BCUT2D eigenvalue weighted by Crippen LogP contribution is 2.22. The van der Waals surface area contributed by atoms with Gasteiger partial charge in [-0.1, -0.05) is 58.4 Å². The van der Waals surface area contributed by atoms with E-state index in [9.17, 15) is 4.79 Å². The van der Waals surface area contributed by atoms with Crippen LogP contribution in [0.1, 0.15) is 42.5 Å². The van der Waals surface area contributed by atoms with Crippen LogP contribution in [-0.4, -0.2) is 30.4 Å². The van der Waals surface area contributed by atoms with E-state index in [0.29, 0.717) is 19.5 Å². The quantitative estimate of drug-likeness (QED) is 0.303. The number of guanidine groups is 1. The summed E-state index contributed by atoms with van der Waals surface area (Å²) in [5.74, 6) is 1.01. The number of hydrogen-bond acceptors (Lipinski definition) is 2. The Morgan fingerprint density at radius 3 is 2.66 bits per heavy atom. The Balaban J connectivity index is 0.00000300. The second-order valence-electron chi connectivity index (χ2n) is 7.05. The third kappa shape index (κ3) is 6.70. The zero-order valence-electron chi connectivity index (χ0n) is 16.8. The van der Waals surface area contributed by atoms with E-state index in [1.807, 2.05) is 29.2 Å². The largest absolute Gasteiger partial charge is 0.352 e. The van der Waals surface area contributed by atoms with Crippen molar-refractivity contribution >= 4 is 51.8 Å². The molecule has 0 bridgehead atoms. The van der Waals surface area contributed by atoms with Crippen molar-refractivity contribution in [1.29, 1.82) is 0 Å². The van der Waals surface area contributed by atoms with E-state index in [0.717, 1.165) is 23.4 Å². The maximum absolute atomic E-state index is 11.8. The van der Waals surface area contributed by atoms with Crippen LogP contribution in [0.4, 0.5) is 0 Å². The van der Waals surface area contributed by atoms with Crippen molar-refractivity contribution in [2.75, 3.05) is 13.6 Å². The number of nitrogens with zero attached hydrogens (tertiary/aromatic N) is 2. The van der Waals surface area contributed by atoms with E-state index in [-0.39, 0.29) is 35.9 Å². The Bertz CT molecular complexity index is 858. The van der Waals surface area contributed by atoms with Crippen LogP contribution < -0.4 is 10.6 Å². The van der Waals surface area contributed by atoms with E-state index < -0.39 is 0 Å². The third-order valence-corrected chi connectivity index (χ3v) is 5.67. The van der Waals surface area contributed by atoms with Gasteiger partial charge in [0.05, 0.1) is 6.04 Å². The highest BCUT2D eigenvalue weighted by molar-refractivity contribution is 14.0. The number of hydrogen-bond donors (Lipinski definition) is 2. The van der Waals surface area contributed by atoms with Crippen molar-refractivity contribution in [1.82, 2.24) is 15.5 Å². The molecule has 0 saturated carbocycles. The molecule has 1 unspecified atom stereocenters. The summed E-state index contributed by atoms with van der Waals surface area (Å²) in [6.45, 7) is 4.34. The number of nitrogens with one attached hydrogen (secondary N) is 2. The highest BCUT2D eigenvalue weighted by Gasteiger charge is 2.20. The lowest BCUT2D eigenvalue weighted by Gasteiger charge is -2.20. The molecule has 1 fully saturated rings. The Labute approximate surface area is 198 Å². The second kappa shape index (κ2) is 11.5. The first kappa shape index (κ1) is 23.7. The highest BCUT2D eigenvalue weighted by atomic mass is 127. The Morgan fingerprint density at radius 2 is 1.97 bits per heavy atom. The number of likely N-dealkylation sites (tertiary alicyclic amines) is 1. The number of amides is 1. The van der Waals surface area contributed by atoms with Crippen LogP contribution in [0, 0.1) is 0 Å². The predicted octanol–water partition coefficient (Wildman–Crippen LogP) is 4.62. The molecule has 0 radical (unpaired) electrons. The van der Waals surface area contributed by atoms with Gasteiger partial charge in [-0.2, -0.15) is 0 Å². The van der Waals surface area contributed by atoms with Crippen LogP contribution in [0.15, 0.2) is 58.0 Å². The molecule has 0 spiro atoms. The average molecular weight is 571 g/mol. The SMILES string of the molecule is CN=C(NCc1cccc(CN2CCCC2=O)c1)NC(C)c1ccccc1Br.I. The van der Waals surface area contributed by atoms with E-state index in [1.54, 1.807) is 7.05 Å². The Hall–Kier alpha value is -1.61. The van der Waals surface area contributed by atoms with E-state index >= 15 is 0 Å². The molecule has 1 amide bonds. The number of aliphatic imine (C=N–C) groups is 1. The van der Waals surface area contributed by atoms with Gasteiger partial charge in [0, 0.05) is 37.6 Å². The van der Waals surface area contributed by atoms with Crippen LogP contribution >= 0.6 is 39.9 Å². The van der Waals surface area contributed by atoms with E-state index in [4.69, 9.17) is 0 Å². The second-order valence-corrected chi connectivity index (χ2v) is 7.91. The zero-order valence-corrected chi connectivity index (χ0v) is 20.7. The molecule has 1 saturated heterocycles. The molecular weight excluding hydrogens is 543 g/mol. The normalized spacial score (nSPS) is 15.1. The fourth-order valence-corrected chi connectivity index (χ4v) is 4.05. The molecule has 2 aromatic carbocycles. The van der Waals surface area contributed by atoms with E-state index in [2.05, 4.69) is 62.7 Å². The lowest BCUT2D eigenvalue weighted by atomic mass is 10.1. The molecule has 2 aromatic rings. The molecule has 29 heavy (non-hydrogen) atoms. The predicted molar refractivity (Wildman–Crippen MR) is 132 cm³/mol. The van der Waals surface area contributed by atoms with Crippen molar-refractivity contribution in [3.63, 3.8) is 0 Å². The number of halogens is 2. The first-order valence-electron chi connectivity index (χ1n) is 9.64. The van der Waals surface area contributed by atoms with Crippen molar-refractivity contribution < 1.29 is 4.79 Å². The Kier molecular flexibility index (Phi) is 9.42. The monoisotopic (exact) mass is 570 g/mol. The van der Waals surface area contributed by atoms with Crippen LogP contribution in [0.25, 0.3) is 0 Å². The minimum atomic E-state index is 0. The fourth-order valence-electron chi connectivity index (χ4n) is 3.42. The van der Waals surface area contributed by atoms with Crippen LogP contribution in [0.5, 0.6) is 0 Å². The molecule has 156 valence electrons. The fraction of sp³-hybridized carbons (Fsp3) is 0.364. The van der Waals surface area contributed by atoms with Gasteiger partial charge < -0.3 is 15.5 Å². The van der Waals surface area contributed by atoms with Crippen molar-refractivity contribution in [3.05, 3.63) is 69.7 Å². The summed E-state index contributed by atoms with van der Waals surface area (Å²) in [5.41, 5.74) is 3.52. The number of benzene rings is 2. The van der Waals surface area contributed by atoms with Gasteiger partial charge in [-0.3, -0.25) is 9.79 Å². The van der Waals surface area contributed by atoms with Gasteiger partial charge in [0.15, 0.2) is 5.96 Å². The number of rotatable bonds is 6. The number of carbonyl (C=O) groups is 1. The minimum absolute atomic E-state index is 0. The standard InChI is InChI=1S/C22H27BrN4O.HI/c1-16(19-9-3-4-10-20(19)23)26-22(24-2)25-14-17-7-5-8-18(13-17)15-27-12-6-11-21(27)28;/h3-5,7-10,13,16H,6,11-12,14-15H2,1-2H3,(H2,24,25,26);1H. The van der Waals surface area contributed by atoms with Crippen LogP contribution in [0.3, 0.4) is 0 Å². The molecular formula is C22H28BrIN4O.